The lowest BCUT2D eigenvalue weighted by Gasteiger charge is -2.22. The predicted octanol–water partition coefficient (Wildman–Crippen LogP) is 4.07. The highest BCUT2D eigenvalue weighted by Crippen LogP contribution is 2.33. The molecule has 2 fully saturated rings. The molecule has 1 aliphatic carbocycles. The predicted molar refractivity (Wildman–Crippen MR) is 128 cm³/mol. The van der Waals surface area contributed by atoms with Crippen molar-refractivity contribution >= 4 is 11.6 Å². The minimum atomic E-state index is 0.151. The summed E-state index contributed by atoms with van der Waals surface area (Å²) in [5, 5.41) is 8.19. The van der Waals surface area contributed by atoms with E-state index in [9.17, 15) is 4.79 Å². The summed E-state index contributed by atoms with van der Waals surface area (Å²) in [4.78, 5) is 24.3. The number of fused-ring (bicyclic) bond motifs is 1. The van der Waals surface area contributed by atoms with E-state index < -0.39 is 0 Å². The molecular formula is C26H34N6O. The van der Waals surface area contributed by atoms with Gasteiger partial charge in [0.05, 0.1) is 17.4 Å². The third-order valence-electron chi connectivity index (χ3n) is 7.30. The summed E-state index contributed by atoms with van der Waals surface area (Å²) in [6, 6.07) is 8.88. The molecule has 3 aromatic heterocycles. The number of rotatable bonds is 7. The molecule has 4 heterocycles. The van der Waals surface area contributed by atoms with E-state index in [4.69, 9.17) is 10.1 Å². The van der Waals surface area contributed by atoms with Crippen LogP contribution in [0.3, 0.4) is 0 Å². The van der Waals surface area contributed by atoms with Crippen molar-refractivity contribution in [2.75, 3.05) is 6.54 Å². The first kappa shape index (κ1) is 22.0. The Bertz CT molecular complexity index is 1120. The summed E-state index contributed by atoms with van der Waals surface area (Å²) in [7, 11) is 0. The van der Waals surface area contributed by atoms with Crippen molar-refractivity contribution in [3.8, 4) is 0 Å². The zero-order valence-electron chi connectivity index (χ0n) is 19.8. The second kappa shape index (κ2) is 9.59. The van der Waals surface area contributed by atoms with Gasteiger partial charge in [-0.25, -0.2) is 9.50 Å². The number of carbonyl (C=O) groups is 1. The molecule has 5 rings (SSSR count). The van der Waals surface area contributed by atoms with E-state index in [1.165, 1.54) is 12.8 Å². The van der Waals surface area contributed by atoms with Gasteiger partial charge in [-0.05, 0) is 70.2 Å². The van der Waals surface area contributed by atoms with E-state index in [2.05, 4.69) is 34.3 Å². The molecule has 0 bridgehead atoms. The molecule has 1 saturated heterocycles. The lowest BCUT2D eigenvalue weighted by atomic mass is 10.1. The first-order valence-electron chi connectivity index (χ1n) is 12.4. The van der Waals surface area contributed by atoms with Gasteiger partial charge < -0.3 is 5.32 Å². The Morgan fingerprint density at radius 1 is 1.15 bits per heavy atom. The number of aryl methyl sites for hydroxylation is 2. The molecule has 3 aromatic rings. The molecule has 0 radical (unpaired) electrons. The third-order valence-corrected chi connectivity index (χ3v) is 7.30. The molecule has 33 heavy (non-hydrogen) atoms. The van der Waals surface area contributed by atoms with Gasteiger partial charge in [0, 0.05) is 42.7 Å². The number of hydrogen-bond donors (Lipinski definition) is 1. The van der Waals surface area contributed by atoms with Crippen LogP contribution >= 0.6 is 0 Å². The molecule has 7 nitrogen and oxygen atoms in total. The van der Waals surface area contributed by atoms with E-state index in [0.29, 0.717) is 18.9 Å². The molecule has 1 saturated carbocycles. The lowest BCUT2D eigenvalue weighted by Crippen LogP contribution is -2.32. The zero-order valence-corrected chi connectivity index (χ0v) is 19.8. The van der Waals surface area contributed by atoms with Crippen molar-refractivity contribution in [2.45, 2.75) is 83.8 Å². The summed E-state index contributed by atoms with van der Waals surface area (Å²) in [6.45, 7) is 6.05. The van der Waals surface area contributed by atoms with Crippen molar-refractivity contribution in [1.29, 1.82) is 0 Å². The van der Waals surface area contributed by atoms with Crippen molar-refractivity contribution in [3.63, 3.8) is 0 Å². The summed E-state index contributed by atoms with van der Waals surface area (Å²) in [5.41, 5.74) is 6.29. The van der Waals surface area contributed by atoms with Crippen LogP contribution in [0.5, 0.6) is 0 Å². The number of nitrogens with one attached hydrogen (secondary N) is 1. The fourth-order valence-electron chi connectivity index (χ4n) is 5.53. The standard InChI is InChI=1S/C26H34N6O/c1-18-22(12-13-26(33)29-20-8-3-4-9-20)19(2)32-25(28-18)16-23(30-32)24-11-7-15-31(24)17-21-10-5-6-14-27-21/h5-6,10,14,16,20,24H,3-4,7-9,11-13,15,17H2,1-2H3,(H,29,33)/t24-/m0/s1. The maximum absolute atomic E-state index is 12.5. The largest absolute Gasteiger partial charge is 0.353 e. The molecule has 0 aromatic carbocycles. The quantitative estimate of drug-likeness (QED) is 0.592. The van der Waals surface area contributed by atoms with Gasteiger partial charge in [0.1, 0.15) is 0 Å². The first-order chi connectivity index (χ1) is 16.1. The van der Waals surface area contributed by atoms with Gasteiger partial charge in [-0.15, -0.1) is 0 Å². The molecule has 1 atom stereocenters. The highest BCUT2D eigenvalue weighted by atomic mass is 16.1. The van der Waals surface area contributed by atoms with E-state index in [-0.39, 0.29) is 11.9 Å². The van der Waals surface area contributed by atoms with Crippen molar-refractivity contribution in [3.05, 3.63) is 58.8 Å². The van der Waals surface area contributed by atoms with Gasteiger partial charge in [0.25, 0.3) is 0 Å². The Morgan fingerprint density at radius 3 is 2.79 bits per heavy atom. The van der Waals surface area contributed by atoms with E-state index >= 15 is 0 Å². The van der Waals surface area contributed by atoms with Crippen LogP contribution in [0, 0.1) is 13.8 Å². The Balaban J connectivity index is 1.32. The SMILES string of the molecule is Cc1nc2cc([C@@H]3CCCN3Cc3ccccn3)nn2c(C)c1CCC(=O)NC1CCCC1. The van der Waals surface area contributed by atoms with Crippen LogP contribution in [0.25, 0.3) is 5.65 Å². The van der Waals surface area contributed by atoms with Gasteiger partial charge >= 0.3 is 0 Å². The van der Waals surface area contributed by atoms with Gasteiger partial charge in [0.15, 0.2) is 5.65 Å². The second-order valence-electron chi connectivity index (χ2n) is 9.60. The van der Waals surface area contributed by atoms with Crippen molar-refractivity contribution in [1.82, 2.24) is 29.8 Å². The van der Waals surface area contributed by atoms with E-state index in [1.54, 1.807) is 0 Å². The van der Waals surface area contributed by atoms with Crippen molar-refractivity contribution in [2.24, 2.45) is 0 Å². The molecule has 0 unspecified atom stereocenters. The summed E-state index contributed by atoms with van der Waals surface area (Å²) >= 11 is 0. The highest BCUT2D eigenvalue weighted by molar-refractivity contribution is 5.76. The van der Waals surface area contributed by atoms with Gasteiger partial charge in [-0.2, -0.15) is 5.10 Å². The zero-order chi connectivity index (χ0) is 22.8. The first-order valence-corrected chi connectivity index (χ1v) is 12.4. The maximum atomic E-state index is 12.5. The Kier molecular flexibility index (Phi) is 6.40. The molecule has 0 spiro atoms. The van der Waals surface area contributed by atoms with Crippen LogP contribution in [0.1, 0.15) is 79.3 Å². The second-order valence-corrected chi connectivity index (χ2v) is 9.60. The Hall–Kier alpha value is -2.80. The topological polar surface area (TPSA) is 75.4 Å². The minimum Gasteiger partial charge on any atom is -0.353 e. The normalized spacial score (nSPS) is 19.5. The number of amides is 1. The summed E-state index contributed by atoms with van der Waals surface area (Å²) in [6.07, 6.45) is 10.0. The monoisotopic (exact) mass is 446 g/mol. The smallest absolute Gasteiger partial charge is 0.220 e. The van der Waals surface area contributed by atoms with Crippen molar-refractivity contribution < 1.29 is 4.79 Å². The highest BCUT2D eigenvalue weighted by Gasteiger charge is 2.29. The third kappa shape index (κ3) is 4.78. The number of nitrogens with zero attached hydrogens (tertiary/aromatic N) is 5. The molecular weight excluding hydrogens is 412 g/mol. The van der Waals surface area contributed by atoms with Gasteiger partial charge in [-0.1, -0.05) is 18.9 Å². The lowest BCUT2D eigenvalue weighted by molar-refractivity contribution is -0.121. The molecule has 1 aliphatic heterocycles. The van der Waals surface area contributed by atoms with Gasteiger partial charge in [0.2, 0.25) is 5.91 Å². The van der Waals surface area contributed by atoms with Crippen LogP contribution in [0.2, 0.25) is 0 Å². The molecule has 174 valence electrons. The number of carbonyl (C=O) groups excluding carboxylic acids is 1. The summed E-state index contributed by atoms with van der Waals surface area (Å²) < 4.78 is 1.98. The molecule has 2 aliphatic rings. The Morgan fingerprint density at radius 2 is 2.00 bits per heavy atom. The fraction of sp³-hybridized carbons (Fsp3) is 0.538. The van der Waals surface area contributed by atoms with E-state index in [0.717, 1.165) is 72.8 Å². The molecule has 1 N–H and O–H groups in total. The van der Waals surface area contributed by atoms with Gasteiger partial charge in [-0.3, -0.25) is 14.7 Å². The number of likely N-dealkylation sites (tertiary alicyclic amines) is 1. The van der Waals surface area contributed by atoms with Crippen LogP contribution < -0.4 is 5.32 Å². The maximum Gasteiger partial charge on any atom is 0.220 e. The number of hydrogen-bond acceptors (Lipinski definition) is 5. The van der Waals surface area contributed by atoms with Crippen LogP contribution in [-0.2, 0) is 17.8 Å². The Labute approximate surface area is 195 Å². The number of pyridine rings is 1. The summed E-state index contributed by atoms with van der Waals surface area (Å²) in [5.74, 6) is 0.151. The van der Waals surface area contributed by atoms with Crippen LogP contribution in [0.15, 0.2) is 30.5 Å². The van der Waals surface area contributed by atoms with E-state index in [1.807, 2.05) is 29.8 Å². The molecule has 7 heteroatoms. The minimum absolute atomic E-state index is 0.151. The average molecular weight is 447 g/mol. The average Bonchev–Trinajstić information content (AvgIpc) is 3.55. The molecule has 1 amide bonds. The van der Waals surface area contributed by atoms with Crippen LogP contribution in [-0.4, -0.2) is 43.0 Å². The number of aromatic nitrogens is 4. The van der Waals surface area contributed by atoms with Crippen LogP contribution in [0.4, 0.5) is 0 Å². The fourth-order valence-corrected chi connectivity index (χ4v) is 5.53.